The molecule has 2 N–H and O–H groups in total. The first-order valence-corrected chi connectivity index (χ1v) is 18.2. The Morgan fingerprint density at radius 2 is 1.63 bits per heavy atom. The smallest absolute Gasteiger partial charge is 0.317 e. The highest BCUT2D eigenvalue weighted by Gasteiger charge is 2.56. The molecule has 6 aromatic rings. The minimum Gasteiger partial charge on any atom is -0.353 e. The van der Waals surface area contributed by atoms with Crippen LogP contribution in [0.4, 0.5) is 16.2 Å². The lowest BCUT2D eigenvalue weighted by molar-refractivity contribution is 0.412. The number of thiazole rings is 2. The fourth-order valence-corrected chi connectivity index (χ4v) is 8.63. The van der Waals surface area contributed by atoms with Gasteiger partial charge in [0.15, 0.2) is 6.04 Å². The molecule has 14 heteroatoms. The van der Waals surface area contributed by atoms with Crippen LogP contribution in [-0.4, -0.2) is 75.6 Å². The van der Waals surface area contributed by atoms with Gasteiger partial charge in [0.25, 0.3) is 0 Å². The maximum Gasteiger partial charge on any atom is 0.317 e. The lowest BCUT2D eigenvalue weighted by Crippen LogP contribution is -2.64. The molecule has 0 bridgehead atoms. The molecule has 0 fully saturated rings. The quantitative estimate of drug-likeness (QED) is 0.137. The second-order valence-electron chi connectivity index (χ2n) is 11.7. The number of benzene rings is 2. The highest BCUT2D eigenvalue weighted by Crippen LogP contribution is 2.50. The van der Waals surface area contributed by atoms with E-state index in [1.54, 1.807) is 41.3 Å². The monoisotopic (exact) mass is 750 g/mol. The third-order valence-electron chi connectivity index (χ3n) is 8.24. The number of halogens is 1. The average molecular weight is 752 g/mol. The zero-order valence-corrected chi connectivity index (χ0v) is 30.1. The van der Waals surface area contributed by atoms with Crippen molar-refractivity contribution in [3.8, 4) is 6.07 Å². The lowest BCUT2D eigenvalue weighted by atomic mass is 9.93. The molecule has 0 radical (unpaired) electrons. The number of hydrogen-bond donors (Lipinski definition) is 2. The van der Waals surface area contributed by atoms with Crippen LogP contribution in [0.2, 0.25) is 0 Å². The number of para-hydroxylation sites is 2. The van der Waals surface area contributed by atoms with Gasteiger partial charge in [-0.25, -0.2) is 9.97 Å². The third-order valence-corrected chi connectivity index (χ3v) is 11.1. The fraction of sp³-hybridized carbons (Fsp3) is 0.229. The molecule has 246 valence electrons. The summed E-state index contributed by atoms with van der Waals surface area (Å²) in [7, 11) is 4.03. The van der Waals surface area contributed by atoms with Crippen molar-refractivity contribution in [3.05, 3.63) is 107 Å². The van der Waals surface area contributed by atoms with E-state index in [-0.39, 0.29) is 4.48 Å². The molecule has 0 aliphatic carbocycles. The van der Waals surface area contributed by atoms with E-state index in [4.69, 9.17) is 19.9 Å². The molecular formula is C35H33BrN11S2+. The number of rotatable bonds is 11. The van der Waals surface area contributed by atoms with Crippen LogP contribution in [0.25, 0.3) is 20.4 Å². The van der Waals surface area contributed by atoms with Gasteiger partial charge in [0.05, 0.1) is 36.7 Å². The minimum atomic E-state index is -0.757. The summed E-state index contributed by atoms with van der Waals surface area (Å²) in [6, 6.07) is 22.3. The Balaban J connectivity index is 1.41. The number of nitriles is 1. The second-order valence-corrected chi connectivity index (χ2v) is 14.6. The molecular weight excluding hydrogens is 718 g/mol. The van der Waals surface area contributed by atoms with Gasteiger partial charge in [0.2, 0.25) is 5.95 Å². The van der Waals surface area contributed by atoms with Crippen LogP contribution in [0.5, 0.6) is 0 Å². The van der Waals surface area contributed by atoms with E-state index >= 15 is 0 Å². The maximum absolute atomic E-state index is 11.1. The number of fused-ring (bicyclic) bond motifs is 2. The number of nitrogens with zero attached hydrogens (tertiary/aromatic N) is 9. The number of nitrogens with one attached hydrogen (secondary N) is 2. The van der Waals surface area contributed by atoms with Crippen LogP contribution in [0, 0.1) is 11.3 Å². The summed E-state index contributed by atoms with van der Waals surface area (Å²) in [5.41, 5.74) is 3.41. The molecule has 7 rings (SSSR count). The number of quaternary nitrogens is 1. The first-order valence-electron chi connectivity index (χ1n) is 15.8. The summed E-state index contributed by atoms with van der Waals surface area (Å²) in [5, 5.41) is 19.6. The Kier molecular flexibility index (Phi) is 9.70. The summed E-state index contributed by atoms with van der Waals surface area (Å²) in [5.74, 6) is 0.332. The van der Waals surface area contributed by atoms with Crippen LogP contribution in [-0.2, 0) is 6.42 Å². The van der Waals surface area contributed by atoms with E-state index in [9.17, 15) is 5.26 Å². The van der Waals surface area contributed by atoms with Gasteiger partial charge in [-0.1, -0.05) is 53.0 Å². The maximum atomic E-state index is 11.1. The number of hydrogen-bond acceptors (Lipinski definition) is 12. The zero-order chi connectivity index (χ0) is 33.8. The SMILES string of the molecule is CN(C)CCNc1ncc(Br)c(C(C#N)C2C=CN=C(NCCc3cccnc3)[N+]2(c2nc3ccccc3s2)c2nc3ccccc3s2)n1. The van der Waals surface area contributed by atoms with Crippen molar-refractivity contribution in [1.82, 2.24) is 39.6 Å². The van der Waals surface area contributed by atoms with Crippen molar-refractivity contribution in [3.63, 3.8) is 0 Å². The Morgan fingerprint density at radius 1 is 0.918 bits per heavy atom. The number of likely N-dealkylation sites (N-methyl/N-ethyl adjacent to an activating group) is 1. The molecule has 11 nitrogen and oxygen atoms in total. The van der Waals surface area contributed by atoms with Gasteiger partial charge < -0.3 is 15.5 Å². The van der Waals surface area contributed by atoms with Crippen molar-refractivity contribution in [2.45, 2.75) is 18.4 Å². The van der Waals surface area contributed by atoms with E-state index in [0.717, 1.165) is 49.2 Å². The van der Waals surface area contributed by atoms with Crippen molar-refractivity contribution < 1.29 is 0 Å². The summed E-state index contributed by atoms with van der Waals surface area (Å²) in [4.78, 5) is 31.3. The summed E-state index contributed by atoms with van der Waals surface area (Å²) in [6.45, 7) is 2.04. The molecule has 0 saturated carbocycles. The Hall–Kier alpha value is -4.65. The Morgan fingerprint density at radius 3 is 2.27 bits per heavy atom. The number of pyridine rings is 1. The Bertz CT molecular complexity index is 2050. The largest absolute Gasteiger partial charge is 0.353 e. The van der Waals surface area contributed by atoms with E-state index < -0.39 is 12.0 Å². The van der Waals surface area contributed by atoms with Crippen molar-refractivity contribution in [1.29, 1.82) is 5.26 Å². The van der Waals surface area contributed by atoms with Crippen LogP contribution in [0.15, 0.2) is 101 Å². The molecule has 0 saturated heterocycles. The van der Waals surface area contributed by atoms with Gasteiger partial charge in [-0.2, -0.15) is 20.2 Å². The third kappa shape index (κ3) is 6.55. The molecule has 2 unspecified atom stereocenters. The molecule has 49 heavy (non-hydrogen) atoms. The molecule has 0 amide bonds. The zero-order valence-electron chi connectivity index (χ0n) is 26.9. The number of aromatic nitrogens is 5. The predicted molar refractivity (Wildman–Crippen MR) is 202 cm³/mol. The first kappa shape index (κ1) is 32.9. The standard InChI is InChI=1S/C35H33BrN11S2/c1-46(2)19-18-39-32-42-22-25(36)31(45-32)24(20-37)28-14-17-41-33(40-16-13-23-8-7-15-38-21-23)47(28,34-43-26-9-3-5-11-29(26)48-34)35-44-27-10-4-6-12-30(27)49-35/h3-12,14-15,17,21-22,24,28H,13,16,18-19H2,1-2H3,(H,40,41)(H,39,42,45)/q+1. The number of guanidine groups is 1. The molecule has 2 atom stereocenters. The van der Waals surface area contributed by atoms with Gasteiger partial charge >= 0.3 is 16.2 Å². The minimum absolute atomic E-state index is 0.0136. The summed E-state index contributed by atoms with van der Waals surface area (Å²) in [6.07, 6.45) is 9.86. The predicted octanol–water partition coefficient (Wildman–Crippen LogP) is 6.86. The number of aliphatic imine (C=N–C) groups is 1. The van der Waals surface area contributed by atoms with E-state index in [1.807, 2.05) is 68.8 Å². The van der Waals surface area contributed by atoms with Crippen LogP contribution in [0.3, 0.4) is 0 Å². The van der Waals surface area contributed by atoms with Crippen LogP contribution in [0.1, 0.15) is 17.2 Å². The normalized spacial score (nSPS) is 16.1. The second kappa shape index (κ2) is 14.5. The highest BCUT2D eigenvalue weighted by atomic mass is 79.9. The van der Waals surface area contributed by atoms with Crippen molar-refractivity contribution in [2.75, 3.05) is 39.0 Å². The van der Waals surface area contributed by atoms with Gasteiger partial charge in [-0.05, 0) is 78.4 Å². The molecule has 2 aromatic carbocycles. The van der Waals surface area contributed by atoms with Gasteiger partial charge in [-0.3, -0.25) is 4.98 Å². The van der Waals surface area contributed by atoms with Gasteiger partial charge in [0.1, 0.15) is 5.92 Å². The van der Waals surface area contributed by atoms with E-state index in [1.165, 1.54) is 0 Å². The van der Waals surface area contributed by atoms with Crippen molar-refractivity contribution in [2.24, 2.45) is 4.99 Å². The Labute approximate surface area is 300 Å². The van der Waals surface area contributed by atoms with E-state index in [0.29, 0.717) is 35.2 Å². The van der Waals surface area contributed by atoms with Crippen LogP contribution < -0.4 is 15.1 Å². The molecule has 1 aliphatic heterocycles. The average Bonchev–Trinajstić information content (AvgIpc) is 3.76. The summed E-state index contributed by atoms with van der Waals surface area (Å²) >= 11 is 6.86. The molecule has 0 spiro atoms. The fourth-order valence-electron chi connectivity index (χ4n) is 5.85. The number of anilines is 1. The highest BCUT2D eigenvalue weighted by molar-refractivity contribution is 9.10. The van der Waals surface area contributed by atoms with E-state index in [2.05, 4.69) is 65.7 Å². The lowest BCUT2D eigenvalue weighted by Gasteiger charge is -2.40. The molecule has 1 aliphatic rings. The molecule has 4 aromatic heterocycles. The molecule has 5 heterocycles. The van der Waals surface area contributed by atoms with Crippen molar-refractivity contribution >= 4 is 81.2 Å². The summed E-state index contributed by atoms with van der Waals surface area (Å²) < 4.78 is 2.69. The van der Waals surface area contributed by atoms with Gasteiger partial charge in [-0.15, -0.1) is 4.48 Å². The topological polar surface area (TPSA) is 128 Å². The van der Waals surface area contributed by atoms with Gasteiger partial charge in [0, 0.05) is 44.4 Å². The van der Waals surface area contributed by atoms with Crippen LogP contribution >= 0.6 is 38.6 Å². The first-order chi connectivity index (χ1) is 24.0.